The van der Waals surface area contributed by atoms with E-state index in [9.17, 15) is 18.0 Å². The van der Waals surface area contributed by atoms with Crippen molar-refractivity contribution in [2.45, 2.75) is 23.8 Å². The maximum atomic E-state index is 12.3. The number of hydrogen-bond acceptors (Lipinski definition) is 6. The van der Waals surface area contributed by atoms with Gasteiger partial charge in [0.15, 0.2) is 0 Å². The summed E-state index contributed by atoms with van der Waals surface area (Å²) < 4.78 is 28.2. The summed E-state index contributed by atoms with van der Waals surface area (Å²) >= 11 is 0. The molecule has 1 saturated heterocycles. The fourth-order valence-corrected chi connectivity index (χ4v) is 3.36. The molecular formula is C15H21N3O6S. The van der Waals surface area contributed by atoms with Crippen molar-refractivity contribution in [3.63, 3.8) is 0 Å². The van der Waals surface area contributed by atoms with Gasteiger partial charge >= 0.3 is 6.09 Å². The Morgan fingerprint density at radius 3 is 2.24 bits per heavy atom. The van der Waals surface area contributed by atoms with Gasteiger partial charge in [0.25, 0.3) is 15.9 Å². The first-order valence-corrected chi connectivity index (χ1v) is 9.14. The van der Waals surface area contributed by atoms with Crippen molar-refractivity contribution in [1.82, 2.24) is 15.1 Å². The van der Waals surface area contributed by atoms with Crippen LogP contribution >= 0.6 is 0 Å². The third kappa shape index (κ3) is 4.91. The first kappa shape index (κ1) is 19.2. The number of amides is 2. The van der Waals surface area contributed by atoms with E-state index in [0.717, 1.165) is 0 Å². The van der Waals surface area contributed by atoms with Crippen molar-refractivity contribution >= 4 is 22.0 Å². The predicted molar refractivity (Wildman–Crippen MR) is 88.2 cm³/mol. The number of nitrogens with one attached hydrogen (secondary N) is 2. The smallest absolute Gasteiger partial charge is 0.409 e. The molecule has 2 amide bonds. The molecule has 0 spiro atoms. The number of carbonyl (C=O) groups is 2. The molecule has 25 heavy (non-hydrogen) atoms. The normalized spacial score (nSPS) is 15.7. The molecule has 1 fully saturated rings. The zero-order chi connectivity index (χ0) is 18.4. The quantitative estimate of drug-likeness (QED) is 0.728. The summed E-state index contributed by atoms with van der Waals surface area (Å²) in [6.07, 6.45) is 0.891. The van der Waals surface area contributed by atoms with Gasteiger partial charge in [-0.15, -0.1) is 0 Å². The van der Waals surface area contributed by atoms with Crippen LogP contribution in [0.2, 0.25) is 0 Å². The van der Waals surface area contributed by atoms with Gasteiger partial charge in [-0.3, -0.25) is 9.63 Å². The summed E-state index contributed by atoms with van der Waals surface area (Å²) in [5, 5.41) is 2.89. The Morgan fingerprint density at radius 1 is 1.12 bits per heavy atom. The lowest BCUT2D eigenvalue weighted by Crippen LogP contribution is -2.46. The predicted octanol–water partition coefficient (Wildman–Crippen LogP) is 0.487. The number of benzene rings is 1. The van der Waals surface area contributed by atoms with Crippen molar-refractivity contribution in [1.29, 1.82) is 0 Å². The monoisotopic (exact) mass is 371 g/mol. The average Bonchev–Trinajstić information content (AvgIpc) is 2.61. The molecule has 9 nitrogen and oxygen atoms in total. The van der Waals surface area contributed by atoms with Gasteiger partial charge < -0.3 is 15.0 Å². The molecule has 0 aromatic heterocycles. The van der Waals surface area contributed by atoms with Gasteiger partial charge in [0, 0.05) is 24.7 Å². The maximum Gasteiger partial charge on any atom is 0.409 e. The Hall–Kier alpha value is -2.17. The largest absolute Gasteiger partial charge is 0.453 e. The highest BCUT2D eigenvalue weighted by atomic mass is 32.2. The van der Waals surface area contributed by atoms with Crippen LogP contribution in [0.3, 0.4) is 0 Å². The number of rotatable bonds is 5. The van der Waals surface area contributed by atoms with Gasteiger partial charge in [-0.05, 0) is 37.1 Å². The molecule has 0 bridgehead atoms. The van der Waals surface area contributed by atoms with Crippen LogP contribution in [0.25, 0.3) is 0 Å². The van der Waals surface area contributed by atoms with Gasteiger partial charge in [0.2, 0.25) is 0 Å². The molecule has 1 aromatic rings. The SMILES string of the molecule is CONS(=O)(=O)c1ccc(C(=O)NC2CCN(C(=O)OC)CC2)cc1. The number of hydrogen-bond donors (Lipinski definition) is 2. The number of carbonyl (C=O) groups excluding carboxylic acids is 2. The van der Waals surface area contributed by atoms with Gasteiger partial charge in [-0.1, -0.05) is 4.89 Å². The zero-order valence-corrected chi connectivity index (χ0v) is 14.8. The summed E-state index contributed by atoms with van der Waals surface area (Å²) in [7, 11) is -1.22. The van der Waals surface area contributed by atoms with E-state index in [2.05, 4.69) is 14.9 Å². The summed E-state index contributed by atoms with van der Waals surface area (Å²) in [5.41, 5.74) is 0.353. The second-order valence-electron chi connectivity index (χ2n) is 5.52. The lowest BCUT2D eigenvalue weighted by Gasteiger charge is -2.31. The Bertz CT molecular complexity index is 711. The summed E-state index contributed by atoms with van der Waals surface area (Å²) in [5.74, 6) is -0.292. The van der Waals surface area contributed by atoms with Crippen LogP contribution in [0, 0.1) is 0 Å². The maximum absolute atomic E-state index is 12.3. The molecule has 0 saturated carbocycles. The Kier molecular flexibility index (Phi) is 6.34. The summed E-state index contributed by atoms with van der Waals surface area (Å²) in [6, 6.07) is 5.48. The minimum Gasteiger partial charge on any atom is -0.453 e. The van der Waals surface area contributed by atoms with Crippen molar-refractivity contribution in [2.75, 3.05) is 27.3 Å². The lowest BCUT2D eigenvalue weighted by atomic mass is 10.0. The van der Waals surface area contributed by atoms with Crippen LogP contribution in [0.1, 0.15) is 23.2 Å². The van der Waals surface area contributed by atoms with Gasteiger partial charge in [-0.2, -0.15) is 0 Å². The number of likely N-dealkylation sites (tertiary alicyclic amines) is 1. The van der Waals surface area contributed by atoms with Gasteiger partial charge in [0.1, 0.15) is 0 Å². The van der Waals surface area contributed by atoms with Crippen LogP contribution in [-0.4, -0.2) is 58.7 Å². The first-order chi connectivity index (χ1) is 11.9. The molecule has 1 aliphatic heterocycles. The van der Waals surface area contributed by atoms with E-state index in [1.54, 1.807) is 4.90 Å². The topological polar surface area (TPSA) is 114 Å². The van der Waals surface area contributed by atoms with Crippen LogP contribution < -0.4 is 10.2 Å². The first-order valence-electron chi connectivity index (χ1n) is 7.66. The van der Waals surface area contributed by atoms with E-state index in [4.69, 9.17) is 0 Å². The number of nitrogens with zero attached hydrogens (tertiary/aromatic N) is 1. The highest BCUT2D eigenvalue weighted by Gasteiger charge is 2.24. The molecule has 2 rings (SSSR count). The van der Waals surface area contributed by atoms with E-state index in [-0.39, 0.29) is 22.9 Å². The molecule has 0 aliphatic carbocycles. The van der Waals surface area contributed by atoms with Crippen LogP contribution in [0.4, 0.5) is 4.79 Å². The lowest BCUT2D eigenvalue weighted by molar-refractivity contribution is 0.0892. The van der Waals surface area contributed by atoms with Crippen molar-refractivity contribution in [2.24, 2.45) is 0 Å². The molecule has 2 N–H and O–H groups in total. The van der Waals surface area contributed by atoms with E-state index in [0.29, 0.717) is 31.5 Å². The number of ether oxygens (including phenoxy) is 1. The molecule has 1 aromatic carbocycles. The fraction of sp³-hybridized carbons (Fsp3) is 0.467. The van der Waals surface area contributed by atoms with Crippen LogP contribution in [0.15, 0.2) is 29.2 Å². The molecular weight excluding hydrogens is 350 g/mol. The van der Waals surface area contributed by atoms with E-state index in [1.165, 1.54) is 38.5 Å². The van der Waals surface area contributed by atoms with Crippen LogP contribution in [-0.2, 0) is 19.6 Å². The second-order valence-corrected chi connectivity index (χ2v) is 7.17. The third-order valence-corrected chi connectivity index (χ3v) is 5.16. The highest BCUT2D eigenvalue weighted by Crippen LogP contribution is 2.14. The minimum absolute atomic E-state index is 0.00251. The zero-order valence-electron chi connectivity index (χ0n) is 14.0. The molecule has 0 radical (unpaired) electrons. The molecule has 10 heteroatoms. The molecule has 0 unspecified atom stereocenters. The van der Waals surface area contributed by atoms with E-state index < -0.39 is 10.0 Å². The van der Waals surface area contributed by atoms with Gasteiger partial charge in [-0.25, -0.2) is 13.2 Å². The molecule has 138 valence electrons. The van der Waals surface area contributed by atoms with Crippen molar-refractivity contribution in [3.05, 3.63) is 29.8 Å². The van der Waals surface area contributed by atoms with Crippen molar-refractivity contribution < 1.29 is 27.6 Å². The minimum atomic E-state index is -3.75. The number of methoxy groups -OCH3 is 1. The van der Waals surface area contributed by atoms with Crippen molar-refractivity contribution in [3.8, 4) is 0 Å². The number of piperidine rings is 1. The highest BCUT2D eigenvalue weighted by molar-refractivity contribution is 7.89. The number of sulfonamides is 1. The second kappa shape index (κ2) is 8.28. The standard InChI is InChI=1S/C15H21N3O6S/c1-23-15(20)18-9-7-12(8-10-18)16-14(19)11-3-5-13(6-4-11)25(21,22)17-24-2/h3-6,12,17H,7-10H2,1-2H3,(H,16,19). The fourth-order valence-electron chi connectivity index (χ4n) is 2.55. The van der Waals surface area contributed by atoms with Gasteiger partial charge in [0.05, 0.1) is 19.1 Å². The summed E-state index contributed by atoms with van der Waals surface area (Å²) in [4.78, 5) is 31.6. The Balaban J connectivity index is 1.93. The van der Waals surface area contributed by atoms with E-state index >= 15 is 0 Å². The third-order valence-electron chi connectivity index (χ3n) is 3.88. The summed E-state index contributed by atoms with van der Waals surface area (Å²) in [6.45, 7) is 1.02. The molecule has 0 atom stereocenters. The Morgan fingerprint density at radius 2 is 1.72 bits per heavy atom. The molecule has 1 aliphatic rings. The van der Waals surface area contributed by atoms with Crippen LogP contribution in [0.5, 0.6) is 0 Å². The van der Waals surface area contributed by atoms with E-state index in [1.807, 2.05) is 4.89 Å². The average molecular weight is 371 g/mol. The Labute approximate surface area is 146 Å². The molecule has 1 heterocycles.